The molecule has 0 radical (unpaired) electrons. The highest BCUT2D eigenvalue weighted by Gasteiger charge is 2.01. The lowest BCUT2D eigenvalue weighted by Crippen LogP contribution is -2.15. The van der Waals surface area contributed by atoms with Crippen molar-refractivity contribution in [3.8, 4) is 0 Å². The van der Waals surface area contributed by atoms with Gasteiger partial charge in [-0.2, -0.15) is 0 Å². The number of ketones is 1. The summed E-state index contributed by atoms with van der Waals surface area (Å²) in [5.74, 6) is 0.627. The number of hydrogen-bond donors (Lipinski definition) is 2. The molecule has 0 saturated heterocycles. The monoisotopic (exact) mass is 220 g/mol. The van der Waals surface area contributed by atoms with Gasteiger partial charge in [-0.3, -0.25) is 4.79 Å². The second kappa shape index (κ2) is 6.28. The Balaban J connectivity index is 2.48. The molecule has 3 heteroatoms. The van der Waals surface area contributed by atoms with Crippen LogP contribution in [-0.2, 0) is 0 Å². The molecule has 3 N–H and O–H groups in total. The minimum absolute atomic E-state index is 0.0963. The molecule has 1 unspecified atom stereocenters. The molecule has 0 aliphatic carbocycles. The molecule has 16 heavy (non-hydrogen) atoms. The van der Waals surface area contributed by atoms with Crippen molar-refractivity contribution in [2.75, 3.05) is 18.4 Å². The Kier molecular flexibility index (Phi) is 4.99. The quantitative estimate of drug-likeness (QED) is 0.723. The fourth-order valence-electron chi connectivity index (χ4n) is 1.43. The summed E-state index contributed by atoms with van der Waals surface area (Å²) < 4.78 is 0. The molecule has 0 saturated carbocycles. The van der Waals surface area contributed by atoms with Crippen LogP contribution in [0, 0.1) is 5.92 Å². The Morgan fingerprint density at radius 1 is 1.50 bits per heavy atom. The van der Waals surface area contributed by atoms with Crippen LogP contribution in [0.2, 0.25) is 0 Å². The molecule has 0 amide bonds. The van der Waals surface area contributed by atoms with Crippen LogP contribution in [0.5, 0.6) is 0 Å². The van der Waals surface area contributed by atoms with Crippen LogP contribution in [0.1, 0.15) is 30.6 Å². The normalized spacial score (nSPS) is 12.2. The van der Waals surface area contributed by atoms with Crippen molar-refractivity contribution in [1.82, 2.24) is 0 Å². The molecule has 0 aromatic heterocycles. The first-order chi connectivity index (χ1) is 7.63. The van der Waals surface area contributed by atoms with Crippen LogP contribution in [0.3, 0.4) is 0 Å². The molecular weight excluding hydrogens is 200 g/mol. The van der Waals surface area contributed by atoms with E-state index in [2.05, 4.69) is 12.2 Å². The zero-order valence-electron chi connectivity index (χ0n) is 9.99. The molecule has 0 fully saturated rings. The Morgan fingerprint density at radius 3 is 2.88 bits per heavy atom. The highest BCUT2D eigenvalue weighted by Crippen LogP contribution is 2.11. The summed E-state index contributed by atoms with van der Waals surface area (Å²) in [7, 11) is 0. The van der Waals surface area contributed by atoms with Crippen LogP contribution in [0.25, 0.3) is 0 Å². The van der Waals surface area contributed by atoms with Crippen molar-refractivity contribution in [2.24, 2.45) is 11.7 Å². The molecule has 1 aromatic carbocycles. The predicted octanol–water partition coefficient (Wildman–Crippen LogP) is 2.29. The molecule has 0 aliphatic rings. The van der Waals surface area contributed by atoms with Crippen molar-refractivity contribution in [2.45, 2.75) is 20.3 Å². The third-order valence-corrected chi connectivity index (χ3v) is 2.64. The van der Waals surface area contributed by atoms with Gasteiger partial charge in [-0.25, -0.2) is 0 Å². The van der Waals surface area contributed by atoms with Gasteiger partial charge in [0.15, 0.2) is 5.78 Å². The van der Waals surface area contributed by atoms with Gasteiger partial charge < -0.3 is 11.1 Å². The van der Waals surface area contributed by atoms with E-state index in [1.54, 1.807) is 6.92 Å². The van der Waals surface area contributed by atoms with Crippen molar-refractivity contribution in [3.05, 3.63) is 29.8 Å². The fourth-order valence-corrected chi connectivity index (χ4v) is 1.43. The lowest BCUT2D eigenvalue weighted by molar-refractivity contribution is 0.101. The predicted molar refractivity (Wildman–Crippen MR) is 67.8 cm³/mol. The summed E-state index contributed by atoms with van der Waals surface area (Å²) in [6, 6.07) is 7.58. The van der Waals surface area contributed by atoms with E-state index in [1.807, 2.05) is 24.3 Å². The summed E-state index contributed by atoms with van der Waals surface area (Å²) in [5, 5.41) is 3.30. The summed E-state index contributed by atoms with van der Waals surface area (Å²) >= 11 is 0. The van der Waals surface area contributed by atoms with E-state index in [9.17, 15) is 4.79 Å². The second-order valence-electron chi connectivity index (χ2n) is 4.19. The molecule has 3 nitrogen and oxygen atoms in total. The number of nitrogens with one attached hydrogen (secondary N) is 1. The van der Waals surface area contributed by atoms with Crippen LogP contribution in [-0.4, -0.2) is 18.9 Å². The number of carbonyl (C=O) groups is 1. The number of rotatable bonds is 6. The van der Waals surface area contributed by atoms with Gasteiger partial charge in [-0.05, 0) is 37.9 Å². The zero-order chi connectivity index (χ0) is 12.0. The average Bonchev–Trinajstić information content (AvgIpc) is 2.29. The Labute approximate surface area is 97.0 Å². The maximum atomic E-state index is 11.2. The highest BCUT2D eigenvalue weighted by molar-refractivity contribution is 5.94. The number of anilines is 1. The molecular formula is C13H20N2O. The minimum atomic E-state index is 0.0963. The maximum Gasteiger partial charge on any atom is 0.159 e. The lowest BCUT2D eigenvalue weighted by atomic mass is 10.1. The van der Waals surface area contributed by atoms with Gasteiger partial charge in [0.25, 0.3) is 0 Å². The number of carbonyl (C=O) groups excluding carboxylic acids is 1. The second-order valence-corrected chi connectivity index (χ2v) is 4.19. The zero-order valence-corrected chi connectivity index (χ0v) is 9.99. The molecule has 1 rings (SSSR count). The third-order valence-electron chi connectivity index (χ3n) is 2.64. The first-order valence-electron chi connectivity index (χ1n) is 5.68. The summed E-state index contributed by atoms with van der Waals surface area (Å²) in [6.07, 6.45) is 1.04. The minimum Gasteiger partial charge on any atom is -0.385 e. The average molecular weight is 220 g/mol. The van der Waals surface area contributed by atoms with Crippen molar-refractivity contribution in [3.63, 3.8) is 0 Å². The van der Waals surface area contributed by atoms with Crippen molar-refractivity contribution >= 4 is 11.5 Å². The molecule has 0 bridgehead atoms. The highest BCUT2D eigenvalue weighted by atomic mass is 16.1. The maximum absolute atomic E-state index is 11.2. The van der Waals surface area contributed by atoms with E-state index in [1.165, 1.54) is 0 Å². The van der Waals surface area contributed by atoms with Crippen LogP contribution >= 0.6 is 0 Å². The Bertz CT molecular complexity index is 350. The summed E-state index contributed by atoms with van der Waals surface area (Å²) in [4.78, 5) is 11.2. The number of Topliss-reactive ketones (excluding diaryl/α,β-unsaturated/α-hetero) is 1. The largest absolute Gasteiger partial charge is 0.385 e. The van der Waals surface area contributed by atoms with Crippen LogP contribution in [0.15, 0.2) is 24.3 Å². The molecule has 0 aliphatic heterocycles. The Morgan fingerprint density at radius 2 is 2.25 bits per heavy atom. The van der Waals surface area contributed by atoms with Crippen LogP contribution < -0.4 is 11.1 Å². The molecule has 1 atom stereocenters. The van der Waals surface area contributed by atoms with Gasteiger partial charge in [-0.1, -0.05) is 19.1 Å². The number of hydrogen-bond acceptors (Lipinski definition) is 3. The van der Waals surface area contributed by atoms with E-state index in [-0.39, 0.29) is 5.78 Å². The standard InChI is InChI=1S/C13H20N2O/c1-10(9-14)6-7-15-13-5-3-4-12(8-13)11(2)16/h3-5,8,10,15H,6-7,9,14H2,1-2H3. The van der Waals surface area contributed by atoms with Gasteiger partial charge in [0.1, 0.15) is 0 Å². The van der Waals surface area contributed by atoms with Gasteiger partial charge in [-0.15, -0.1) is 0 Å². The van der Waals surface area contributed by atoms with E-state index in [0.29, 0.717) is 5.92 Å². The molecule has 0 heterocycles. The van der Waals surface area contributed by atoms with E-state index in [4.69, 9.17) is 5.73 Å². The smallest absolute Gasteiger partial charge is 0.159 e. The van der Waals surface area contributed by atoms with Gasteiger partial charge in [0, 0.05) is 17.8 Å². The van der Waals surface area contributed by atoms with Crippen LogP contribution in [0.4, 0.5) is 5.69 Å². The lowest BCUT2D eigenvalue weighted by Gasteiger charge is -2.10. The van der Waals surface area contributed by atoms with E-state index in [0.717, 1.165) is 30.8 Å². The summed E-state index contributed by atoms with van der Waals surface area (Å²) in [6.45, 7) is 5.32. The van der Waals surface area contributed by atoms with E-state index < -0.39 is 0 Å². The number of nitrogens with two attached hydrogens (primary N) is 1. The molecule has 88 valence electrons. The Hall–Kier alpha value is -1.35. The topological polar surface area (TPSA) is 55.1 Å². The number of benzene rings is 1. The van der Waals surface area contributed by atoms with Gasteiger partial charge in [0.05, 0.1) is 0 Å². The van der Waals surface area contributed by atoms with Gasteiger partial charge >= 0.3 is 0 Å². The fraction of sp³-hybridized carbons (Fsp3) is 0.462. The van der Waals surface area contributed by atoms with E-state index >= 15 is 0 Å². The van der Waals surface area contributed by atoms with Gasteiger partial charge in [0.2, 0.25) is 0 Å². The third kappa shape index (κ3) is 4.03. The summed E-state index contributed by atoms with van der Waals surface area (Å²) in [5.41, 5.74) is 7.29. The molecule has 1 aromatic rings. The first kappa shape index (κ1) is 12.7. The van der Waals surface area contributed by atoms with Crippen molar-refractivity contribution < 1.29 is 4.79 Å². The first-order valence-corrected chi connectivity index (χ1v) is 5.68. The SMILES string of the molecule is CC(=O)c1cccc(NCCC(C)CN)c1. The van der Waals surface area contributed by atoms with Crippen molar-refractivity contribution in [1.29, 1.82) is 0 Å². The molecule has 0 spiro atoms.